The van der Waals surface area contributed by atoms with E-state index >= 15 is 0 Å². The summed E-state index contributed by atoms with van der Waals surface area (Å²) in [5.74, 6) is 0. The standard InChI is InChI=1S/C17H27P/c1-2-4-9-13-17(14-10-5-3-1)18-15-16-11-7-6-8-12-16/h6-8,11-12,17-18H,1-5,9-10,13-15H2. The van der Waals surface area contributed by atoms with Gasteiger partial charge in [0.2, 0.25) is 0 Å². The van der Waals surface area contributed by atoms with Gasteiger partial charge in [-0.1, -0.05) is 75.3 Å². The van der Waals surface area contributed by atoms with Crippen molar-refractivity contribution in [1.82, 2.24) is 0 Å². The first-order chi connectivity index (χ1) is 8.95. The molecule has 2 rings (SSSR count). The van der Waals surface area contributed by atoms with Crippen molar-refractivity contribution in [1.29, 1.82) is 0 Å². The molecule has 1 aromatic carbocycles. The zero-order valence-corrected chi connectivity index (χ0v) is 12.5. The van der Waals surface area contributed by atoms with Gasteiger partial charge < -0.3 is 0 Å². The van der Waals surface area contributed by atoms with E-state index in [2.05, 4.69) is 30.3 Å². The smallest absolute Gasteiger partial charge is 0.00981 e. The summed E-state index contributed by atoms with van der Waals surface area (Å²) in [5.41, 5.74) is 2.55. The molecule has 0 heterocycles. The molecule has 100 valence electrons. The van der Waals surface area contributed by atoms with Crippen LogP contribution in [0.15, 0.2) is 30.3 Å². The Balaban J connectivity index is 1.74. The molecule has 1 atom stereocenters. The average molecular weight is 262 g/mol. The molecule has 0 aliphatic heterocycles. The molecular weight excluding hydrogens is 235 g/mol. The highest BCUT2D eigenvalue weighted by atomic mass is 31.1. The number of hydrogen-bond donors (Lipinski definition) is 0. The zero-order chi connectivity index (χ0) is 12.5. The molecule has 1 saturated carbocycles. The summed E-state index contributed by atoms with van der Waals surface area (Å²) >= 11 is 0. The fraction of sp³-hybridized carbons (Fsp3) is 0.647. The summed E-state index contributed by atoms with van der Waals surface area (Å²) in [6, 6.07) is 11.0. The van der Waals surface area contributed by atoms with Gasteiger partial charge in [0, 0.05) is 0 Å². The van der Waals surface area contributed by atoms with Crippen LogP contribution in [0, 0.1) is 0 Å². The first kappa shape index (κ1) is 14.1. The first-order valence-electron chi connectivity index (χ1n) is 7.72. The Morgan fingerprint density at radius 2 is 1.33 bits per heavy atom. The maximum absolute atomic E-state index is 2.28. The van der Waals surface area contributed by atoms with Gasteiger partial charge in [0.1, 0.15) is 0 Å². The van der Waals surface area contributed by atoms with Crippen LogP contribution < -0.4 is 0 Å². The maximum atomic E-state index is 2.28. The third kappa shape index (κ3) is 5.53. The lowest BCUT2D eigenvalue weighted by Gasteiger charge is -2.18. The van der Waals surface area contributed by atoms with E-state index in [4.69, 9.17) is 0 Å². The summed E-state index contributed by atoms with van der Waals surface area (Å²) in [6.45, 7) is 0. The topological polar surface area (TPSA) is 0 Å². The van der Waals surface area contributed by atoms with Crippen LogP contribution in [0.3, 0.4) is 0 Å². The normalized spacial score (nSPS) is 20.2. The molecule has 18 heavy (non-hydrogen) atoms. The van der Waals surface area contributed by atoms with E-state index in [0.29, 0.717) is 0 Å². The van der Waals surface area contributed by atoms with Gasteiger partial charge in [-0.05, 0) is 30.2 Å². The van der Waals surface area contributed by atoms with Gasteiger partial charge in [0.25, 0.3) is 0 Å². The lowest BCUT2D eigenvalue weighted by atomic mass is 10.0. The van der Waals surface area contributed by atoms with Crippen LogP contribution in [0.5, 0.6) is 0 Å². The van der Waals surface area contributed by atoms with Gasteiger partial charge in [0.05, 0.1) is 0 Å². The molecule has 0 saturated heterocycles. The van der Waals surface area contributed by atoms with Crippen molar-refractivity contribution in [2.75, 3.05) is 0 Å². The Bertz CT molecular complexity index is 297. The van der Waals surface area contributed by atoms with Gasteiger partial charge in [-0.3, -0.25) is 0 Å². The largest absolute Gasteiger partial charge is 0.114 e. The monoisotopic (exact) mass is 262 g/mol. The second-order valence-electron chi connectivity index (χ2n) is 5.62. The third-order valence-electron chi connectivity index (χ3n) is 4.04. The molecule has 1 aliphatic carbocycles. The Kier molecular flexibility index (Phi) is 6.80. The van der Waals surface area contributed by atoms with Crippen molar-refractivity contribution >= 4 is 8.58 Å². The molecule has 1 fully saturated rings. The Labute approximate surface area is 114 Å². The Hall–Kier alpha value is -0.350. The number of rotatable bonds is 3. The van der Waals surface area contributed by atoms with Gasteiger partial charge in [-0.2, -0.15) is 0 Å². The van der Waals surface area contributed by atoms with Gasteiger partial charge in [-0.25, -0.2) is 0 Å². The van der Waals surface area contributed by atoms with Crippen LogP contribution in [0.25, 0.3) is 0 Å². The van der Waals surface area contributed by atoms with Crippen molar-refractivity contribution in [3.05, 3.63) is 35.9 Å². The molecule has 0 spiro atoms. The highest BCUT2D eigenvalue weighted by Crippen LogP contribution is 2.33. The van der Waals surface area contributed by atoms with Crippen molar-refractivity contribution < 1.29 is 0 Å². The zero-order valence-electron chi connectivity index (χ0n) is 11.5. The summed E-state index contributed by atoms with van der Waals surface area (Å²) in [6.07, 6.45) is 14.7. The van der Waals surface area contributed by atoms with Gasteiger partial charge in [-0.15, -0.1) is 8.58 Å². The van der Waals surface area contributed by atoms with E-state index in [1.54, 1.807) is 0 Å². The highest BCUT2D eigenvalue weighted by Gasteiger charge is 2.10. The minimum atomic E-state index is 1.02. The van der Waals surface area contributed by atoms with Gasteiger partial charge >= 0.3 is 0 Å². The molecule has 0 nitrogen and oxygen atoms in total. The van der Waals surface area contributed by atoms with Crippen LogP contribution >= 0.6 is 8.58 Å². The lowest BCUT2D eigenvalue weighted by Crippen LogP contribution is -2.03. The van der Waals surface area contributed by atoms with E-state index in [1.807, 2.05) is 0 Å². The number of benzene rings is 1. The SMILES string of the molecule is c1ccc(CPC2CCCCCCCCC2)cc1. The molecular formula is C17H27P. The maximum Gasteiger partial charge on any atom is -0.00981 e. The summed E-state index contributed by atoms with van der Waals surface area (Å²) in [7, 11) is 1.15. The van der Waals surface area contributed by atoms with Crippen LogP contribution in [0.2, 0.25) is 0 Å². The lowest BCUT2D eigenvalue weighted by molar-refractivity contribution is 0.509. The molecule has 1 aromatic rings. The molecule has 0 radical (unpaired) electrons. The Morgan fingerprint density at radius 1 is 0.778 bits per heavy atom. The fourth-order valence-corrected chi connectivity index (χ4v) is 4.45. The van der Waals surface area contributed by atoms with Crippen LogP contribution in [-0.2, 0) is 6.16 Å². The van der Waals surface area contributed by atoms with Crippen LogP contribution in [0.4, 0.5) is 0 Å². The van der Waals surface area contributed by atoms with Gasteiger partial charge in [0.15, 0.2) is 0 Å². The summed E-state index contributed by atoms with van der Waals surface area (Å²) in [4.78, 5) is 0. The van der Waals surface area contributed by atoms with E-state index in [1.165, 1.54) is 69.5 Å². The fourth-order valence-electron chi connectivity index (χ4n) is 2.87. The van der Waals surface area contributed by atoms with Crippen molar-refractivity contribution in [2.45, 2.75) is 69.6 Å². The molecule has 1 heteroatoms. The van der Waals surface area contributed by atoms with E-state index < -0.39 is 0 Å². The second-order valence-corrected chi connectivity index (χ2v) is 7.19. The molecule has 0 bridgehead atoms. The summed E-state index contributed by atoms with van der Waals surface area (Å²) < 4.78 is 0. The predicted molar refractivity (Wildman–Crippen MR) is 83.8 cm³/mol. The highest BCUT2D eigenvalue weighted by molar-refractivity contribution is 7.38. The van der Waals surface area contributed by atoms with E-state index in [9.17, 15) is 0 Å². The minimum Gasteiger partial charge on any atom is -0.114 e. The van der Waals surface area contributed by atoms with Crippen LogP contribution in [-0.4, -0.2) is 5.66 Å². The molecule has 0 amide bonds. The number of hydrogen-bond acceptors (Lipinski definition) is 0. The van der Waals surface area contributed by atoms with E-state index in [-0.39, 0.29) is 0 Å². The van der Waals surface area contributed by atoms with Crippen molar-refractivity contribution in [3.8, 4) is 0 Å². The van der Waals surface area contributed by atoms with Crippen molar-refractivity contribution in [2.24, 2.45) is 0 Å². The third-order valence-corrected chi connectivity index (χ3v) is 5.81. The first-order valence-corrected chi connectivity index (χ1v) is 9.01. The van der Waals surface area contributed by atoms with Crippen molar-refractivity contribution in [3.63, 3.8) is 0 Å². The molecule has 0 N–H and O–H groups in total. The summed E-state index contributed by atoms with van der Waals surface area (Å²) in [5, 5.41) is 0. The minimum absolute atomic E-state index is 1.02. The van der Waals surface area contributed by atoms with Crippen LogP contribution in [0.1, 0.15) is 63.4 Å². The molecule has 1 aliphatic rings. The average Bonchev–Trinajstić information content (AvgIpc) is 2.44. The predicted octanol–water partition coefficient (Wildman–Crippen LogP) is 5.76. The Morgan fingerprint density at radius 3 is 1.94 bits per heavy atom. The van der Waals surface area contributed by atoms with E-state index in [0.717, 1.165) is 14.2 Å². The molecule has 1 unspecified atom stereocenters. The molecule has 0 aromatic heterocycles. The second kappa shape index (κ2) is 8.70. The quantitative estimate of drug-likeness (QED) is 0.608.